The maximum Gasteiger partial charge on any atom is 0.254 e. The van der Waals surface area contributed by atoms with Crippen molar-refractivity contribution < 1.29 is 13.6 Å². The molecule has 0 saturated heterocycles. The van der Waals surface area contributed by atoms with E-state index in [1.54, 1.807) is 0 Å². The predicted octanol–water partition coefficient (Wildman–Crippen LogP) is 3.26. The van der Waals surface area contributed by atoms with E-state index in [0.29, 0.717) is 6.07 Å². The van der Waals surface area contributed by atoms with E-state index < -0.39 is 17.5 Å². The summed E-state index contributed by atoms with van der Waals surface area (Å²) < 4.78 is 26.0. The van der Waals surface area contributed by atoms with Gasteiger partial charge in [-0.25, -0.2) is 8.78 Å². The van der Waals surface area contributed by atoms with Crippen molar-refractivity contribution in [2.45, 2.75) is 25.8 Å². The van der Waals surface area contributed by atoms with Crippen LogP contribution in [-0.2, 0) is 0 Å². The first-order valence-electron chi connectivity index (χ1n) is 5.40. The van der Waals surface area contributed by atoms with Crippen LogP contribution in [0.15, 0.2) is 18.2 Å². The third kappa shape index (κ3) is 4.07. The number of benzene rings is 1. The van der Waals surface area contributed by atoms with Gasteiger partial charge in [0.15, 0.2) is 0 Å². The van der Waals surface area contributed by atoms with Crippen molar-refractivity contribution in [2.24, 2.45) is 0 Å². The molecule has 1 aromatic carbocycles. The Morgan fingerprint density at radius 1 is 1.47 bits per heavy atom. The lowest BCUT2D eigenvalue weighted by Crippen LogP contribution is -2.35. The lowest BCUT2D eigenvalue weighted by atomic mass is 10.1. The molecule has 94 valence electrons. The molecular weight excluding hydrogens is 292 g/mol. The molecule has 1 amide bonds. The van der Waals surface area contributed by atoms with Gasteiger partial charge in [0.2, 0.25) is 0 Å². The molecule has 0 saturated carbocycles. The zero-order chi connectivity index (χ0) is 12.8. The van der Waals surface area contributed by atoms with Gasteiger partial charge in [0, 0.05) is 17.4 Å². The van der Waals surface area contributed by atoms with Gasteiger partial charge in [0.25, 0.3) is 5.91 Å². The van der Waals surface area contributed by atoms with Gasteiger partial charge < -0.3 is 5.32 Å². The maximum atomic E-state index is 13.3. The van der Waals surface area contributed by atoms with Crippen molar-refractivity contribution in [1.82, 2.24) is 5.32 Å². The molecule has 1 unspecified atom stereocenters. The Morgan fingerprint density at radius 2 is 2.18 bits per heavy atom. The molecule has 1 aromatic rings. The van der Waals surface area contributed by atoms with E-state index in [0.717, 1.165) is 30.3 Å². The van der Waals surface area contributed by atoms with Crippen LogP contribution < -0.4 is 5.32 Å². The molecule has 2 nitrogen and oxygen atoms in total. The first kappa shape index (κ1) is 14.1. The molecule has 1 N–H and O–H groups in total. The van der Waals surface area contributed by atoms with E-state index in [4.69, 9.17) is 0 Å². The molecule has 5 heteroatoms. The molecule has 0 fully saturated rings. The Hall–Kier alpha value is -0.970. The zero-order valence-corrected chi connectivity index (χ0v) is 11.1. The molecule has 0 radical (unpaired) electrons. The fourth-order valence-electron chi connectivity index (χ4n) is 1.45. The molecule has 0 bridgehead atoms. The largest absolute Gasteiger partial charge is 0.349 e. The summed E-state index contributed by atoms with van der Waals surface area (Å²) >= 11 is 3.29. The van der Waals surface area contributed by atoms with Crippen LogP contribution in [0.1, 0.15) is 30.1 Å². The minimum Gasteiger partial charge on any atom is -0.349 e. The minimum atomic E-state index is -0.837. The Morgan fingerprint density at radius 3 is 2.71 bits per heavy atom. The summed E-state index contributed by atoms with van der Waals surface area (Å²) in [6, 6.07) is 2.93. The van der Waals surface area contributed by atoms with E-state index in [1.165, 1.54) is 0 Å². The number of carbonyl (C=O) groups is 1. The number of halogens is 3. The minimum absolute atomic E-state index is 0.00803. The highest BCUT2D eigenvalue weighted by atomic mass is 79.9. The van der Waals surface area contributed by atoms with Crippen molar-refractivity contribution in [3.05, 3.63) is 35.4 Å². The summed E-state index contributed by atoms with van der Waals surface area (Å²) in [5.41, 5.74) is -0.126. The maximum absolute atomic E-state index is 13.3. The highest BCUT2D eigenvalue weighted by Gasteiger charge is 2.15. The molecule has 1 rings (SSSR count). The predicted molar refractivity (Wildman–Crippen MR) is 66.3 cm³/mol. The summed E-state index contributed by atoms with van der Waals surface area (Å²) in [6.07, 6.45) is 1.53. The van der Waals surface area contributed by atoms with Gasteiger partial charge in [-0.15, -0.1) is 0 Å². The molecule has 0 heterocycles. The lowest BCUT2D eigenvalue weighted by Gasteiger charge is -2.15. The van der Waals surface area contributed by atoms with Gasteiger partial charge >= 0.3 is 0 Å². The van der Waals surface area contributed by atoms with E-state index >= 15 is 0 Å². The number of nitrogens with one attached hydrogen (secondary N) is 1. The van der Waals surface area contributed by atoms with E-state index in [1.807, 2.05) is 6.92 Å². The second-order valence-electron chi connectivity index (χ2n) is 3.68. The Kier molecular flexibility index (Phi) is 5.55. The van der Waals surface area contributed by atoms with Gasteiger partial charge in [-0.2, -0.15) is 0 Å². The third-order valence-corrected chi connectivity index (χ3v) is 2.92. The first-order valence-corrected chi connectivity index (χ1v) is 6.52. The molecule has 0 aliphatic carbocycles. The van der Waals surface area contributed by atoms with Crippen LogP contribution in [0.5, 0.6) is 0 Å². The number of rotatable bonds is 5. The van der Waals surface area contributed by atoms with Gasteiger partial charge in [-0.1, -0.05) is 22.9 Å². The normalized spacial score (nSPS) is 12.2. The lowest BCUT2D eigenvalue weighted by molar-refractivity contribution is 0.0931. The van der Waals surface area contributed by atoms with E-state index in [2.05, 4.69) is 21.2 Å². The summed E-state index contributed by atoms with van der Waals surface area (Å²) in [4.78, 5) is 11.7. The second-order valence-corrected chi connectivity index (χ2v) is 4.47. The highest BCUT2D eigenvalue weighted by Crippen LogP contribution is 2.10. The van der Waals surface area contributed by atoms with Crippen molar-refractivity contribution in [3.63, 3.8) is 0 Å². The van der Waals surface area contributed by atoms with Crippen LogP contribution in [-0.4, -0.2) is 17.3 Å². The Labute approximate surface area is 108 Å². The van der Waals surface area contributed by atoms with Gasteiger partial charge in [0.05, 0.1) is 5.56 Å². The van der Waals surface area contributed by atoms with Crippen molar-refractivity contribution in [3.8, 4) is 0 Å². The standard InChI is InChI=1S/C12H14BrF2NO/c1-2-9(5-6-13)16-12(17)10-4-3-8(14)7-11(10)15/h3-4,7,9H,2,5-6H2,1H3,(H,16,17). The quantitative estimate of drug-likeness (QED) is 0.831. The number of carbonyl (C=O) groups excluding carboxylic acids is 1. The molecule has 0 spiro atoms. The smallest absolute Gasteiger partial charge is 0.254 e. The zero-order valence-electron chi connectivity index (χ0n) is 9.47. The van der Waals surface area contributed by atoms with Gasteiger partial charge in [-0.3, -0.25) is 4.79 Å². The van der Waals surface area contributed by atoms with Crippen LogP contribution in [0.25, 0.3) is 0 Å². The van der Waals surface area contributed by atoms with Crippen LogP contribution >= 0.6 is 15.9 Å². The van der Waals surface area contributed by atoms with Crippen LogP contribution in [0.4, 0.5) is 8.78 Å². The fourth-order valence-corrected chi connectivity index (χ4v) is 2.00. The molecular formula is C12H14BrF2NO. The molecule has 0 aliphatic rings. The summed E-state index contributed by atoms with van der Waals surface area (Å²) in [6.45, 7) is 1.94. The third-order valence-electron chi connectivity index (χ3n) is 2.46. The molecule has 0 aliphatic heterocycles. The van der Waals surface area contributed by atoms with Crippen LogP contribution in [0.2, 0.25) is 0 Å². The average molecular weight is 306 g/mol. The van der Waals surface area contributed by atoms with Crippen molar-refractivity contribution in [1.29, 1.82) is 0 Å². The van der Waals surface area contributed by atoms with Gasteiger partial charge in [-0.05, 0) is 25.0 Å². The van der Waals surface area contributed by atoms with E-state index in [9.17, 15) is 13.6 Å². The number of hydrogen-bond donors (Lipinski definition) is 1. The number of amides is 1. The second kappa shape index (κ2) is 6.69. The first-order chi connectivity index (χ1) is 8.08. The summed E-state index contributed by atoms with van der Waals surface area (Å²) in [5.74, 6) is -2.03. The van der Waals surface area contributed by atoms with E-state index in [-0.39, 0.29) is 11.6 Å². The highest BCUT2D eigenvalue weighted by molar-refractivity contribution is 9.09. The average Bonchev–Trinajstić information content (AvgIpc) is 2.28. The summed E-state index contributed by atoms with van der Waals surface area (Å²) in [7, 11) is 0. The molecule has 0 aromatic heterocycles. The van der Waals surface area contributed by atoms with Crippen LogP contribution in [0, 0.1) is 11.6 Å². The van der Waals surface area contributed by atoms with Gasteiger partial charge in [0.1, 0.15) is 11.6 Å². The molecule has 1 atom stereocenters. The SMILES string of the molecule is CCC(CCBr)NC(=O)c1ccc(F)cc1F. The fraction of sp³-hybridized carbons (Fsp3) is 0.417. The number of hydrogen-bond acceptors (Lipinski definition) is 1. The Balaban J connectivity index is 2.75. The monoisotopic (exact) mass is 305 g/mol. The Bertz CT molecular complexity index is 398. The topological polar surface area (TPSA) is 29.1 Å². The van der Waals surface area contributed by atoms with Crippen molar-refractivity contribution >= 4 is 21.8 Å². The molecule has 17 heavy (non-hydrogen) atoms. The van der Waals surface area contributed by atoms with Crippen molar-refractivity contribution in [2.75, 3.05) is 5.33 Å². The van der Waals surface area contributed by atoms with Crippen LogP contribution in [0.3, 0.4) is 0 Å². The number of alkyl halides is 1. The summed E-state index contributed by atoms with van der Waals surface area (Å²) in [5, 5.41) is 3.47.